The maximum Gasteiger partial charge on any atom is 0.374 e. The molecule has 0 aromatic carbocycles. The Hall–Kier alpha value is -1.58. The fraction of sp³-hybridized carbons (Fsp3) is 0.400. The summed E-state index contributed by atoms with van der Waals surface area (Å²) in [7, 11) is 0. The number of carbonyl (C=O) groups excluding carboxylic acids is 2. The van der Waals surface area contributed by atoms with E-state index in [9.17, 15) is 9.59 Å². The Balaban J connectivity index is 2.76. The first kappa shape index (κ1) is 10.5. The molecule has 1 aromatic heterocycles. The monoisotopic (exact) mass is 196 g/mol. The standard InChI is InChI=1S/C10H12O4/c1-6(2)13-10(12)9-5-4-8(14-9)7(3)11/h4-6H,1-3H3. The first-order valence-electron chi connectivity index (χ1n) is 4.32. The van der Waals surface area contributed by atoms with Gasteiger partial charge in [0.25, 0.3) is 0 Å². The van der Waals surface area contributed by atoms with Crippen molar-refractivity contribution in [3.63, 3.8) is 0 Å². The molecule has 0 amide bonds. The smallest absolute Gasteiger partial charge is 0.374 e. The van der Waals surface area contributed by atoms with Gasteiger partial charge in [-0.25, -0.2) is 4.79 Å². The van der Waals surface area contributed by atoms with E-state index in [2.05, 4.69) is 0 Å². The van der Waals surface area contributed by atoms with Crippen molar-refractivity contribution in [2.45, 2.75) is 26.9 Å². The van der Waals surface area contributed by atoms with Crippen LogP contribution >= 0.6 is 0 Å². The maximum absolute atomic E-state index is 11.3. The van der Waals surface area contributed by atoms with Gasteiger partial charge in [-0.3, -0.25) is 4.79 Å². The summed E-state index contributed by atoms with van der Waals surface area (Å²) in [6, 6.07) is 2.89. The van der Waals surface area contributed by atoms with Crippen molar-refractivity contribution < 1.29 is 18.7 Å². The van der Waals surface area contributed by atoms with Gasteiger partial charge in [0.1, 0.15) is 0 Å². The summed E-state index contributed by atoms with van der Waals surface area (Å²) < 4.78 is 9.87. The molecule has 4 nitrogen and oxygen atoms in total. The van der Waals surface area contributed by atoms with E-state index < -0.39 is 5.97 Å². The second kappa shape index (κ2) is 4.09. The zero-order valence-electron chi connectivity index (χ0n) is 8.37. The number of esters is 1. The van der Waals surface area contributed by atoms with Gasteiger partial charge in [-0.15, -0.1) is 0 Å². The summed E-state index contributed by atoms with van der Waals surface area (Å²) >= 11 is 0. The average Bonchev–Trinajstić information content (AvgIpc) is 2.50. The van der Waals surface area contributed by atoms with Gasteiger partial charge in [0.2, 0.25) is 5.76 Å². The van der Waals surface area contributed by atoms with E-state index in [1.54, 1.807) is 13.8 Å². The normalized spacial score (nSPS) is 10.3. The number of Topliss-reactive ketones (excluding diaryl/α,β-unsaturated/α-hetero) is 1. The second-order valence-corrected chi connectivity index (χ2v) is 3.17. The molecule has 0 saturated carbocycles. The Morgan fingerprint density at radius 1 is 1.29 bits per heavy atom. The summed E-state index contributed by atoms with van der Waals surface area (Å²) in [5.74, 6) is -0.536. The van der Waals surface area contributed by atoms with Crippen molar-refractivity contribution in [2.75, 3.05) is 0 Å². The van der Waals surface area contributed by atoms with Crippen LogP contribution in [-0.2, 0) is 4.74 Å². The van der Waals surface area contributed by atoms with Crippen molar-refractivity contribution in [1.82, 2.24) is 0 Å². The van der Waals surface area contributed by atoms with Crippen LogP contribution in [0.1, 0.15) is 41.9 Å². The van der Waals surface area contributed by atoms with E-state index in [0.29, 0.717) is 0 Å². The summed E-state index contributed by atoms with van der Waals surface area (Å²) in [6.45, 7) is 4.86. The van der Waals surface area contributed by atoms with E-state index in [1.807, 2.05) is 0 Å². The van der Waals surface area contributed by atoms with Gasteiger partial charge in [0.05, 0.1) is 6.10 Å². The van der Waals surface area contributed by atoms with E-state index in [0.717, 1.165) is 0 Å². The average molecular weight is 196 g/mol. The van der Waals surface area contributed by atoms with Gasteiger partial charge < -0.3 is 9.15 Å². The Bertz CT molecular complexity index is 349. The van der Waals surface area contributed by atoms with Crippen LogP contribution in [0.25, 0.3) is 0 Å². The molecule has 0 bridgehead atoms. The quantitative estimate of drug-likeness (QED) is 0.548. The van der Waals surface area contributed by atoms with Crippen molar-refractivity contribution in [1.29, 1.82) is 0 Å². The zero-order chi connectivity index (χ0) is 10.7. The minimum atomic E-state index is -0.549. The lowest BCUT2D eigenvalue weighted by atomic mass is 10.3. The molecule has 76 valence electrons. The minimum Gasteiger partial charge on any atom is -0.457 e. The van der Waals surface area contributed by atoms with Crippen molar-refractivity contribution >= 4 is 11.8 Å². The van der Waals surface area contributed by atoms with Crippen LogP contribution in [0, 0.1) is 0 Å². The highest BCUT2D eigenvalue weighted by atomic mass is 16.6. The van der Waals surface area contributed by atoms with E-state index >= 15 is 0 Å². The second-order valence-electron chi connectivity index (χ2n) is 3.17. The van der Waals surface area contributed by atoms with Crippen molar-refractivity contribution in [3.05, 3.63) is 23.7 Å². The molecule has 0 unspecified atom stereocenters. The van der Waals surface area contributed by atoms with Crippen LogP contribution in [0.5, 0.6) is 0 Å². The van der Waals surface area contributed by atoms with Crippen molar-refractivity contribution in [3.8, 4) is 0 Å². The van der Waals surface area contributed by atoms with Gasteiger partial charge in [-0.1, -0.05) is 0 Å². The SMILES string of the molecule is CC(=O)c1ccc(C(=O)OC(C)C)o1. The molecule has 4 heteroatoms. The van der Waals surface area contributed by atoms with Gasteiger partial charge in [0, 0.05) is 6.92 Å². The van der Waals surface area contributed by atoms with Crippen LogP contribution in [0.2, 0.25) is 0 Å². The third-order valence-electron chi connectivity index (χ3n) is 1.50. The predicted molar refractivity (Wildman–Crippen MR) is 49.3 cm³/mol. The maximum atomic E-state index is 11.3. The number of furan rings is 1. The number of hydrogen-bond acceptors (Lipinski definition) is 4. The molecule has 1 rings (SSSR count). The van der Waals surface area contributed by atoms with Crippen molar-refractivity contribution in [2.24, 2.45) is 0 Å². The number of hydrogen-bond donors (Lipinski definition) is 0. The topological polar surface area (TPSA) is 56.5 Å². The first-order chi connectivity index (χ1) is 6.50. The Morgan fingerprint density at radius 2 is 1.86 bits per heavy atom. The highest BCUT2D eigenvalue weighted by molar-refractivity contribution is 5.93. The number of ketones is 1. The fourth-order valence-electron chi connectivity index (χ4n) is 0.909. The molecule has 0 aliphatic heterocycles. The third-order valence-corrected chi connectivity index (χ3v) is 1.50. The van der Waals surface area contributed by atoms with Gasteiger partial charge in [0.15, 0.2) is 11.5 Å². The van der Waals surface area contributed by atoms with Crippen LogP contribution in [-0.4, -0.2) is 17.9 Å². The molecule has 0 atom stereocenters. The molecule has 0 N–H and O–H groups in total. The summed E-state index contributed by atoms with van der Waals surface area (Å²) in [5, 5.41) is 0. The fourth-order valence-corrected chi connectivity index (χ4v) is 0.909. The summed E-state index contributed by atoms with van der Waals surface area (Å²) in [4.78, 5) is 22.1. The molecule has 0 aliphatic carbocycles. The largest absolute Gasteiger partial charge is 0.457 e. The molecule has 0 fully saturated rings. The highest BCUT2D eigenvalue weighted by Gasteiger charge is 2.15. The summed E-state index contributed by atoms with van der Waals surface area (Å²) in [5.41, 5.74) is 0. The highest BCUT2D eigenvalue weighted by Crippen LogP contribution is 2.10. The van der Waals surface area contributed by atoms with Crippen LogP contribution in [0.15, 0.2) is 16.5 Å². The van der Waals surface area contributed by atoms with Gasteiger partial charge >= 0.3 is 5.97 Å². The van der Waals surface area contributed by atoms with Gasteiger partial charge in [-0.05, 0) is 26.0 Å². The summed E-state index contributed by atoms with van der Waals surface area (Å²) in [6.07, 6.45) is -0.201. The number of rotatable bonds is 3. The zero-order valence-corrected chi connectivity index (χ0v) is 8.37. The molecule has 1 heterocycles. The predicted octanol–water partition coefficient (Wildman–Crippen LogP) is 2.05. The molecule has 0 aliphatic rings. The first-order valence-corrected chi connectivity index (χ1v) is 4.32. The number of ether oxygens (including phenoxy) is 1. The molecule has 0 saturated heterocycles. The minimum absolute atomic E-state index is 0.0592. The molecular weight excluding hydrogens is 184 g/mol. The lowest BCUT2D eigenvalue weighted by molar-refractivity contribution is 0.0340. The van der Waals surface area contributed by atoms with E-state index in [-0.39, 0.29) is 23.4 Å². The van der Waals surface area contributed by atoms with Crippen LogP contribution in [0.3, 0.4) is 0 Å². The van der Waals surface area contributed by atoms with E-state index in [1.165, 1.54) is 19.1 Å². The molecule has 0 radical (unpaired) electrons. The molecular formula is C10H12O4. The Morgan fingerprint density at radius 3 is 2.29 bits per heavy atom. The molecule has 14 heavy (non-hydrogen) atoms. The lowest BCUT2D eigenvalue weighted by Gasteiger charge is -2.04. The van der Waals surface area contributed by atoms with Crippen LogP contribution in [0.4, 0.5) is 0 Å². The van der Waals surface area contributed by atoms with E-state index in [4.69, 9.17) is 9.15 Å². The van der Waals surface area contributed by atoms with Gasteiger partial charge in [-0.2, -0.15) is 0 Å². The molecule has 0 spiro atoms. The Labute approximate surface area is 81.9 Å². The van der Waals surface area contributed by atoms with Crippen LogP contribution < -0.4 is 0 Å². The molecule has 1 aromatic rings. The third kappa shape index (κ3) is 2.45. The Kier molecular flexibility index (Phi) is 3.06. The lowest BCUT2D eigenvalue weighted by Crippen LogP contribution is -2.10. The number of carbonyl (C=O) groups is 2.